The monoisotopic (exact) mass is 287 g/mol. The molecule has 0 aliphatic carbocycles. The average Bonchev–Trinajstić information content (AvgIpc) is 2.40. The first kappa shape index (κ1) is 15.8. The minimum absolute atomic E-state index is 0.0968. The van der Waals surface area contributed by atoms with E-state index in [9.17, 15) is 8.42 Å². The van der Waals surface area contributed by atoms with E-state index in [-0.39, 0.29) is 5.75 Å². The molecule has 1 N–H and O–H groups in total. The van der Waals surface area contributed by atoms with Gasteiger partial charge < -0.3 is 9.47 Å². The topological polar surface area (TPSA) is 64.6 Å². The predicted molar refractivity (Wildman–Crippen MR) is 75.3 cm³/mol. The Hall–Kier alpha value is -1.27. The van der Waals surface area contributed by atoms with Crippen molar-refractivity contribution in [1.29, 1.82) is 0 Å². The van der Waals surface area contributed by atoms with E-state index in [1.165, 1.54) is 0 Å². The second-order valence-corrected chi connectivity index (χ2v) is 6.06. The first-order valence-electron chi connectivity index (χ1n) is 6.29. The number of nitrogens with one attached hydrogen (secondary N) is 1. The van der Waals surface area contributed by atoms with E-state index in [4.69, 9.17) is 9.47 Å². The third-order valence-corrected chi connectivity index (χ3v) is 4.05. The van der Waals surface area contributed by atoms with Crippen LogP contribution in [0.15, 0.2) is 18.2 Å². The summed E-state index contributed by atoms with van der Waals surface area (Å²) >= 11 is 0. The minimum Gasteiger partial charge on any atom is -0.493 e. The molecular formula is C13H21NO4S. The Balaban J connectivity index is 2.65. The van der Waals surface area contributed by atoms with Gasteiger partial charge in [-0.1, -0.05) is 6.07 Å². The van der Waals surface area contributed by atoms with Crippen molar-refractivity contribution in [3.8, 4) is 11.5 Å². The van der Waals surface area contributed by atoms with Gasteiger partial charge in [0.25, 0.3) is 0 Å². The highest BCUT2D eigenvalue weighted by molar-refractivity contribution is 7.89. The van der Waals surface area contributed by atoms with Crippen LogP contribution < -0.4 is 14.2 Å². The summed E-state index contributed by atoms with van der Waals surface area (Å²) in [5.74, 6) is 1.46. The van der Waals surface area contributed by atoms with Crippen molar-refractivity contribution in [2.24, 2.45) is 0 Å². The van der Waals surface area contributed by atoms with Gasteiger partial charge in [0.1, 0.15) is 0 Å². The first-order valence-corrected chi connectivity index (χ1v) is 7.94. The lowest BCUT2D eigenvalue weighted by Gasteiger charge is -2.11. The smallest absolute Gasteiger partial charge is 0.211 e. The molecule has 5 nitrogen and oxygen atoms in total. The summed E-state index contributed by atoms with van der Waals surface area (Å²) in [6.07, 6.45) is 0.613. The van der Waals surface area contributed by atoms with Gasteiger partial charge in [-0.05, 0) is 38.0 Å². The zero-order chi connectivity index (χ0) is 14.3. The average molecular weight is 287 g/mol. The van der Waals surface area contributed by atoms with Crippen LogP contribution in [-0.2, 0) is 16.4 Å². The van der Waals surface area contributed by atoms with E-state index in [1.54, 1.807) is 14.0 Å². The van der Waals surface area contributed by atoms with Crippen LogP contribution in [0.5, 0.6) is 11.5 Å². The van der Waals surface area contributed by atoms with Gasteiger partial charge in [0.2, 0.25) is 10.0 Å². The lowest BCUT2D eigenvalue weighted by atomic mass is 10.1. The fourth-order valence-corrected chi connectivity index (χ4v) is 2.21. The molecule has 0 atom stereocenters. The van der Waals surface area contributed by atoms with Gasteiger partial charge in [-0.2, -0.15) is 0 Å². The number of rotatable bonds is 8. The molecular weight excluding hydrogens is 266 g/mol. The summed E-state index contributed by atoms with van der Waals surface area (Å²) in [5.41, 5.74) is 0.999. The molecule has 0 amide bonds. The van der Waals surface area contributed by atoms with Crippen LogP contribution in [0.3, 0.4) is 0 Å². The van der Waals surface area contributed by atoms with Gasteiger partial charge in [0.05, 0.1) is 19.5 Å². The Morgan fingerprint density at radius 1 is 1.21 bits per heavy atom. The van der Waals surface area contributed by atoms with Crippen LogP contribution in [-0.4, -0.2) is 34.4 Å². The molecule has 1 rings (SSSR count). The third-order valence-electron chi connectivity index (χ3n) is 2.64. The van der Waals surface area contributed by atoms with Gasteiger partial charge in [0.15, 0.2) is 11.5 Å². The molecule has 0 aliphatic rings. The summed E-state index contributed by atoms with van der Waals surface area (Å²) in [6.45, 7) is 4.48. The Kier molecular flexibility index (Phi) is 6.11. The van der Waals surface area contributed by atoms with Gasteiger partial charge in [-0.25, -0.2) is 13.1 Å². The van der Waals surface area contributed by atoms with Crippen LogP contribution in [0, 0.1) is 0 Å². The fourth-order valence-electron chi connectivity index (χ4n) is 1.60. The molecule has 0 spiro atoms. The lowest BCUT2D eigenvalue weighted by Crippen LogP contribution is -2.27. The standard InChI is InChI=1S/C13H21NO4S/c1-4-18-12-7-6-11(10-13(12)17-3)8-9-14-19(15,16)5-2/h6-7,10,14H,4-5,8-9H2,1-3H3. The SMILES string of the molecule is CCOc1ccc(CCNS(=O)(=O)CC)cc1OC. The van der Waals surface area contributed by atoms with Crippen molar-refractivity contribution >= 4 is 10.0 Å². The molecule has 0 radical (unpaired) electrons. The largest absolute Gasteiger partial charge is 0.493 e. The van der Waals surface area contributed by atoms with Crippen LogP contribution in [0.1, 0.15) is 19.4 Å². The fraction of sp³-hybridized carbons (Fsp3) is 0.538. The summed E-state index contributed by atoms with van der Waals surface area (Å²) in [7, 11) is -1.54. The molecule has 0 saturated heterocycles. The molecule has 6 heteroatoms. The number of ether oxygens (including phenoxy) is 2. The van der Waals surface area contributed by atoms with Gasteiger partial charge in [-0.3, -0.25) is 0 Å². The zero-order valence-corrected chi connectivity index (χ0v) is 12.4. The lowest BCUT2D eigenvalue weighted by molar-refractivity contribution is 0.310. The van der Waals surface area contributed by atoms with Crippen LogP contribution in [0.25, 0.3) is 0 Å². The number of methoxy groups -OCH3 is 1. The summed E-state index contributed by atoms with van der Waals surface area (Å²) in [5, 5.41) is 0. The summed E-state index contributed by atoms with van der Waals surface area (Å²) in [6, 6.07) is 5.62. The maximum Gasteiger partial charge on any atom is 0.211 e. The highest BCUT2D eigenvalue weighted by Crippen LogP contribution is 2.28. The van der Waals surface area contributed by atoms with E-state index in [2.05, 4.69) is 4.72 Å². The maximum atomic E-state index is 11.3. The van der Waals surface area contributed by atoms with E-state index in [1.807, 2.05) is 25.1 Å². The van der Waals surface area contributed by atoms with E-state index < -0.39 is 10.0 Å². The molecule has 0 unspecified atom stereocenters. The van der Waals surface area contributed by atoms with Crippen molar-refractivity contribution in [2.75, 3.05) is 26.0 Å². The molecule has 108 valence electrons. The van der Waals surface area contributed by atoms with E-state index >= 15 is 0 Å². The highest BCUT2D eigenvalue weighted by atomic mass is 32.2. The Morgan fingerprint density at radius 2 is 1.95 bits per heavy atom. The molecule has 0 aromatic heterocycles. The van der Waals surface area contributed by atoms with Gasteiger partial charge >= 0.3 is 0 Å². The molecule has 19 heavy (non-hydrogen) atoms. The zero-order valence-electron chi connectivity index (χ0n) is 11.6. The molecule has 1 aromatic rings. The second-order valence-electron chi connectivity index (χ2n) is 3.97. The maximum absolute atomic E-state index is 11.3. The molecule has 0 bridgehead atoms. The van der Waals surface area contributed by atoms with Crippen LogP contribution in [0.2, 0.25) is 0 Å². The molecule has 0 saturated carbocycles. The Bertz CT molecular complexity index is 499. The molecule has 0 fully saturated rings. The number of hydrogen-bond acceptors (Lipinski definition) is 4. The quantitative estimate of drug-likeness (QED) is 0.788. The van der Waals surface area contributed by atoms with Gasteiger partial charge in [-0.15, -0.1) is 0 Å². The van der Waals surface area contributed by atoms with Crippen molar-refractivity contribution in [3.63, 3.8) is 0 Å². The van der Waals surface area contributed by atoms with E-state index in [0.29, 0.717) is 31.1 Å². The summed E-state index contributed by atoms with van der Waals surface area (Å²) in [4.78, 5) is 0. The minimum atomic E-state index is -3.13. The van der Waals surface area contributed by atoms with E-state index in [0.717, 1.165) is 5.56 Å². The first-order chi connectivity index (χ1) is 9.02. The number of sulfonamides is 1. The van der Waals surface area contributed by atoms with Crippen molar-refractivity contribution in [2.45, 2.75) is 20.3 Å². The Morgan fingerprint density at radius 3 is 2.53 bits per heavy atom. The molecule has 0 aliphatic heterocycles. The normalized spacial score (nSPS) is 11.3. The van der Waals surface area contributed by atoms with Crippen molar-refractivity contribution < 1.29 is 17.9 Å². The third kappa shape index (κ3) is 5.08. The van der Waals surface area contributed by atoms with Crippen LogP contribution >= 0.6 is 0 Å². The summed E-state index contributed by atoms with van der Waals surface area (Å²) < 4.78 is 35.8. The van der Waals surface area contributed by atoms with Crippen molar-refractivity contribution in [1.82, 2.24) is 4.72 Å². The van der Waals surface area contributed by atoms with Crippen molar-refractivity contribution in [3.05, 3.63) is 23.8 Å². The van der Waals surface area contributed by atoms with Crippen LogP contribution in [0.4, 0.5) is 0 Å². The number of benzene rings is 1. The molecule has 1 aromatic carbocycles. The predicted octanol–water partition coefficient (Wildman–Crippen LogP) is 1.58. The van der Waals surface area contributed by atoms with Gasteiger partial charge in [0, 0.05) is 6.54 Å². The Labute approximate surface area is 115 Å². The second kappa shape index (κ2) is 7.35. The number of hydrogen-bond donors (Lipinski definition) is 1. The highest BCUT2D eigenvalue weighted by Gasteiger charge is 2.07. The molecule has 0 heterocycles.